The molecule has 0 atom stereocenters. The lowest BCUT2D eigenvalue weighted by atomic mass is 10.2. The maximum Gasteiger partial charge on any atom is 0.344 e. The van der Waals surface area contributed by atoms with Gasteiger partial charge in [0.2, 0.25) is 0 Å². The molecule has 6 heteroatoms. The zero-order valence-electron chi connectivity index (χ0n) is 11.1. The number of anilines is 1. The summed E-state index contributed by atoms with van der Waals surface area (Å²) in [6, 6.07) is 4.47. The molecule has 104 valence electrons. The van der Waals surface area contributed by atoms with E-state index >= 15 is 0 Å². The van der Waals surface area contributed by atoms with Gasteiger partial charge >= 0.3 is 11.9 Å². The number of carbonyl (C=O) groups excluding carboxylic acids is 2. The monoisotopic (exact) mass is 267 g/mol. The molecular weight excluding hydrogens is 250 g/mol. The Morgan fingerprint density at radius 3 is 2.58 bits per heavy atom. The molecule has 19 heavy (non-hydrogen) atoms. The first-order valence-electron chi connectivity index (χ1n) is 5.74. The van der Waals surface area contributed by atoms with Gasteiger partial charge in [-0.2, -0.15) is 0 Å². The number of esters is 2. The lowest BCUT2D eigenvalue weighted by Crippen LogP contribution is -2.19. The molecule has 1 aromatic carbocycles. The predicted octanol–water partition coefficient (Wildman–Crippen LogP) is 1.39. The van der Waals surface area contributed by atoms with Crippen LogP contribution in [0.5, 0.6) is 5.75 Å². The second-order valence-electron chi connectivity index (χ2n) is 4.07. The molecule has 0 aliphatic rings. The molecule has 0 aliphatic carbocycles. The first kappa shape index (κ1) is 14.8. The fourth-order valence-electron chi connectivity index (χ4n) is 1.34. The van der Waals surface area contributed by atoms with E-state index in [0.717, 1.165) is 0 Å². The van der Waals surface area contributed by atoms with Gasteiger partial charge in [0.1, 0.15) is 5.75 Å². The quantitative estimate of drug-likeness (QED) is 0.640. The largest absolute Gasteiger partial charge is 0.495 e. The van der Waals surface area contributed by atoms with Crippen molar-refractivity contribution in [2.24, 2.45) is 0 Å². The molecule has 1 rings (SSSR count). The maximum absolute atomic E-state index is 11.7. The molecule has 2 N–H and O–H groups in total. The van der Waals surface area contributed by atoms with E-state index in [1.165, 1.54) is 25.3 Å². The first-order chi connectivity index (χ1) is 8.93. The summed E-state index contributed by atoms with van der Waals surface area (Å²) in [6.07, 6.45) is -0.247. The Morgan fingerprint density at radius 2 is 2.00 bits per heavy atom. The van der Waals surface area contributed by atoms with E-state index in [-0.39, 0.29) is 11.7 Å². The number of carbonyl (C=O) groups is 2. The zero-order chi connectivity index (χ0) is 14.4. The lowest BCUT2D eigenvalue weighted by Gasteiger charge is -2.09. The van der Waals surface area contributed by atoms with Crippen LogP contribution in [0.2, 0.25) is 0 Å². The Balaban J connectivity index is 2.61. The molecular formula is C13H17NO5. The van der Waals surface area contributed by atoms with Crippen LogP contribution >= 0.6 is 0 Å². The van der Waals surface area contributed by atoms with Crippen molar-refractivity contribution < 1.29 is 23.8 Å². The average Bonchev–Trinajstić information content (AvgIpc) is 2.35. The summed E-state index contributed by atoms with van der Waals surface area (Å²) in [6.45, 7) is 3.00. The van der Waals surface area contributed by atoms with Gasteiger partial charge in [-0.15, -0.1) is 0 Å². The summed E-state index contributed by atoms with van der Waals surface area (Å²) < 4.78 is 14.6. The molecule has 6 nitrogen and oxygen atoms in total. The number of benzene rings is 1. The van der Waals surface area contributed by atoms with Crippen LogP contribution < -0.4 is 10.5 Å². The maximum atomic E-state index is 11.7. The third-order valence-electron chi connectivity index (χ3n) is 2.16. The van der Waals surface area contributed by atoms with Crippen LogP contribution in [0.4, 0.5) is 5.69 Å². The zero-order valence-corrected chi connectivity index (χ0v) is 11.1. The summed E-state index contributed by atoms with van der Waals surface area (Å²) >= 11 is 0. The van der Waals surface area contributed by atoms with E-state index in [4.69, 9.17) is 19.9 Å². The van der Waals surface area contributed by atoms with Crippen LogP contribution in [0.25, 0.3) is 0 Å². The van der Waals surface area contributed by atoms with Crippen molar-refractivity contribution in [3.8, 4) is 5.75 Å². The number of ether oxygens (including phenoxy) is 3. The van der Waals surface area contributed by atoms with E-state index in [0.29, 0.717) is 11.4 Å². The average molecular weight is 267 g/mol. The normalized spacial score (nSPS) is 10.1. The van der Waals surface area contributed by atoms with E-state index in [2.05, 4.69) is 0 Å². The van der Waals surface area contributed by atoms with Gasteiger partial charge in [0, 0.05) is 0 Å². The fourth-order valence-corrected chi connectivity index (χ4v) is 1.34. The van der Waals surface area contributed by atoms with Gasteiger partial charge < -0.3 is 19.9 Å². The van der Waals surface area contributed by atoms with Crippen molar-refractivity contribution in [1.29, 1.82) is 0 Å². The van der Waals surface area contributed by atoms with Crippen molar-refractivity contribution >= 4 is 17.6 Å². The number of rotatable bonds is 5. The molecule has 0 saturated heterocycles. The highest BCUT2D eigenvalue weighted by molar-refractivity contribution is 5.91. The number of nitrogens with two attached hydrogens (primary N) is 1. The highest BCUT2D eigenvalue weighted by Crippen LogP contribution is 2.22. The Morgan fingerprint density at radius 1 is 1.32 bits per heavy atom. The minimum absolute atomic E-state index is 0.247. The first-order valence-corrected chi connectivity index (χ1v) is 5.74. The van der Waals surface area contributed by atoms with Gasteiger partial charge in [0.25, 0.3) is 0 Å². The highest BCUT2D eigenvalue weighted by Gasteiger charge is 2.13. The molecule has 0 heterocycles. The number of nitrogen functional groups attached to an aromatic ring is 1. The highest BCUT2D eigenvalue weighted by atomic mass is 16.6. The van der Waals surface area contributed by atoms with Crippen LogP contribution in [-0.2, 0) is 14.3 Å². The molecule has 0 aromatic heterocycles. The van der Waals surface area contributed by atoms with Crippen LogP contribution in [0.3, 0.4) is 0 Å². The van der Waals surface area contributed by atoms with E-state index in [9.17, 15) is 9.59 Å². The summed E-state index contributed by atoms with van der Waals surface area (Å²) in [5, 5.41) is 0. The van der Waals surface area contributed by atoms with Gasteiger partial charge in [-0.05, 0) is 32.0 Å². The number of hydrogen-bond donors (Lipinski definition) is 1. The van der Waals surface area contributed by atoms with E-state index in [1.54, 1.807) is 13.8 Å². The van der Waals surface area contributed by atoms with Crippen molar-refractivity contribution in [3.05, 3.63) is 23.8 Å². The number of methoxy groups -OCH3 is 1. The van der Waals surface area contributed by atoms with Gasteiger partial charge in [0.05, 0.1) is 24.5 Å². The topological polar surface area (TPSA) is 87.8 Å². The number of hydrogen-bond acceptors (Lipinski definition) is 6. The Labute approximate surface area is 111 Å². The van der Waals surface area contributed by atoms with Gasteiger partial charge in [-0.1, -0.05) is 0 Å². The molecule has 0 fully saturated rings. The summed E-state index contributed by atoms with van der Waals surface area (Å²) in [5.74, 6) is -0.857. The summed E-state index contributed by atoms with van der Waals surface area (Å²) in [5.41, 5.74) is 6.29. The predicted molar refractivity (Wildman–Crippen MR) is 68.9 cm³/mol. The molecule has 0 saturated carbocycles. The molecule has 0 aliphatic heterocycles. The Bertz CT molecular complexity index is 470. The summed E-state index contributed by atoms with van der Waals surface area (Å²) in [4.78, 5) is 22.9. The minimum Gasteiger partial charge on any atom is -0.495 e. The SMILES string of the molecule is COc1cc(C(=O)OCC(=O)OC(C)C)ccc1N. The standard InChI is InChI=1S/C13H17NO5/c1-8(2)19-12(15)7-18-13(16)9-4-5-10(14)11(6-9)17-3/h4-6,8H,7,14H2,1-3H3. The van der Waals surface area contributed by atoms with Gasteiger partial charge in [-0.3, -0.25) is 0 Å². The second-order valence-corrected chi connectivity index (χ2v) is 4.07. The fraction of sp³-hybridized carbons (Fsp3) is 0.385. The molecule has 0 bridgehead atoms. The van der Waals surface area contributed by atoms with Crippen LogP contribution in [0.1, 0.15) is 24.2 Å². The second kappa shape index (κ2) is 6.63. The van der Waals surface area contributed by atoms with Crippen LogP contribution in [0.15, 0.2) is 18.2 Å². The van der Waals surface area contributed by atoms with Crippen molar-refractivity contribution in [2.45, 2.75) is 20.0 Å². The minimum atomic E-state index is -0.640. The Kier molecular flexibility index (Phi) is 5.17. The third kappa shape index (κ3) is 4.50. The third-order valence-corrected chi connectivity index (χ3v) is 2.16. The van der Waals surface area contributed by atoms with Crippen LogP contribution in [0, 0.1) is 0 Å². The van der Waals surface area contributed by atoms with Crippen molar-refractivity contribution in [2.75, 3.05) is 19.5 Å². The van der Waals surface area contributed by atoms with Crippen LogP contribution in [-0.4, -0.2) is 31.8 Å². The summed E-state index contributed by atoms with van der Waals surface area (Å²) in [7, 11) is 1.45. The van der Waals surface area contributed by atoms with Gasteiger partial charge in [-0.25, -0.2) is 9.59 Å². The molecule has 0 unspecified atom stereocenters. The van der Waals surface area contributed by atoms with Gasteiger partial charge in [0.15, 0.2) is 6.61 Å². The van der Waals surface area contributed by atoms with Crippen molar-refractivity contribution in [3.63, 3.8) is 0 Å². The van der Waals surface area contributed by atoms with Crippen molar-refractivity contribution in [1.82, 2.24) is 0 Å². The lowest BCUT2D eigenvalue weighted by molar-refractivity contribution is -0.150. The molecule has 0 spiro atoms. The molecule has 0 amide bonds. The smallest absolute Gasteiger partial charge is 0.344 e. The van der Waals surface area contributed by atoms with E-state index < -0.39 is 18.5 Å². The Hall–Kier alpha value is -2.24. The molecule has 1 aromatic rings. The van der Waals surface area contributed by atoms with E-state index in [1.807, 2.05) is 0 Å². The molecule has 0 radical (unpaired) electrons.